The third kappa shape index (κ3) is 4.83. The highest BCUT2D eigenvalue weighted by Gasteiger charge is 2.28. The summed E-state index contributed by atoms with van der Waals surface area (Å²) in [6, 6.07) is 15.6. The van der Waals surface area contributed by atoms with Crippen molar-refractivity contribution in [3.05, 3.63) is 93.5 Å². The number of halogens is 4. The van der Waals surface area contributed by atoms with Crippen LogP contribution in [-0.4, -0.2) is 17.9 Å². The molecule has 2 aromatic carbocycles. The van der Waals surface area contributed by atoms with Crippen LogP contribution < -0.4 is 0 Å². The fourth-order valence-corrected chi connectivity index (χ4v) is 3.41. The van der Waals surface area contributed by atoms with E-state index in [0.29, 0.717) is 17.0 Å². The summed E-state index contributed by atoms with van der Waals surface area (Å²) >= 11 is 2.07. The van der Waals surface area contributed by atoms with Gasteiger partial charge in [-0.05, 0) is 46.4 Å². The monoisotopic (exact) mass is 483 g/mol. The molecule has 0 atom stereocenters. The zero-order chi connectivity index (χ0) is 20.0. The van der Waals surface area contributed by atoms with Crippen LogP contribution in [0, 0.1) is 5.82 Å². The third-order valence-electron chi connectivity index (χ3n) is 3.93. The minimum Gasteiger partial charge on any atom is -0.334 e. The Morgan fingerprint density at radius 1 is 1.00 bits per heavy atom. The molecule has 1 aliphatic heterocycles. The molecular formula is C22H21F3IN. The summed E-state index contributed by atoms with van der Waals surface area (Å²) < 4.78 is 41.7. The Kier molecular flexibility index (Phi) is 7.71. The topological polar surface area (TPSA) is 3.24 Å². The van der Waals surface area contributed by atoms with E-state index in [2.05, 4.69) is 29.2 Å². The second-order valence-electron chi connectivity index (χ2n) is 5.55. The lowest BCUT2D eigenvalue weighted by atomic mass is 9.94. The van der Waals surface area contributed by atoms with Crippen LogP contribution in [0.4, 0.5) is 13.2 Å². The van der Waals surface area contributed by atoms with E-state index in [9.17, 15) is 13.2 Å². The zero-order valence-electron chi connectivity index (χ0n) is 15.2. The van der Waals surface area contributed by atoms with Crippen LogP contribution in [-0.2, 0) is 0 Å². The van der Waals surface area contributed by atoms with Gasteiger partial charge in [-0.25, -0.2) is 13.2 Å². The second-order valence-corrected chi connectivity index (χ2v) is 6.71. The Labute approximate surface area is 172 Å². The molecule has 1 heterocycles. The maximum Gasteiger partial charge on any atom is 0.256 e. The molecule has 0 aliphatic carbocycles. The second kappa shape index (κ2) is 9.78. The van der Waals surface area contributed by atoms with E-state index in [0.717, 1.165) is 9.14 Å². The van der Waals surface area contributed by atoms with Crippen LogP contribution in [0.25, 0.3) is 11.3 Å². The van der Waals surface area contributed by atoms with Crippen molar-refractivity contribution >= 4 is 33.9 Å². The van der Waals surface area contributed by atoms with Crippen molar-refractivity contribution in [3.8, 4) is 0 Å². The smallest absolute Gasteiger partial charge is 0.256 e. The number of alkyl halides is 2. The van der Waals surface area contributed by atoms with Gasteiger partial charge in [0.25, 0.3) is 6.43 Å². The summed E-state index contributed by atoms with van der Waals surface area (Å²) in [5, 5.41) is 0. The van der Waals surface area contributed by atoms with Gasteiger partial charge in [0, 0.05) is 20.4 Å². The number of nitrogens with zero attached hydrogens (tertiary/aromatic N) is 1. The molecule has 1 aliphatic rings. The Bertz CT molecular complexity index is 857. The highest BCUT2D eigenvalue weighted by Crippen LogP contribution is 2.42. The van der Waals surface area contributed by atoms with Gasteiger partial charge in [0.15, 0.2) is 0 Å². The first-order valence-corrected chi connectivity index (χ1v) is 9.73. The van der Waals surface area contributed by atoms with E-state index in [1.807, 2.05) is 50.3 Å². The first kappa shape index (κ1) is 21.3. The molecular weight excluding hydrogens is 462 g/mol. The summed E-state index contributed by atoms with van der Waals surface area (Å²) in [6.07, 6.45) is -0.708. The van der Waals surface area contributed by atoms with Crippen molar-refractivity contribution in [1.82, 2.24) is 4.90 Å². The molecule has 142 valence electrons. The lowest BCUT2D eigenvalue weighted by molar-refractivity contribution is 0.123. The Morgan fingerprint density at radius 2 is 1.59 bits per heavy atom. The lowest BCUT2D eigenvalue weighted by Gasteiger charge is -2.34. The van der Waals surface area contributed by atoms with E-state index in [1.54, 1.807) is 18.2 Å². The van der Waals surface area contributed by atoms with Crippen molar-refractivity contribution in [2.45, 2.75) is 20.3 Å². The van der Waals surface area contributed by atoms with E-state index < -0.39 is 18.8 Å². The molecule has 2 aromatic rings. The molecule has 0 N–H and O–H groups in total. The minimum atomic E-state index is -2.57. The van der Waals surface area contributed by atoms with Crippen LogP contribution >= 0.6 is 22.6 Å². The number of rotatable bonds is 4. The Balaban J connectivity index is 0.00000126. The van der Waals surface area contributed by atoms with Crippen LogP contribution in [0.3, 0.4) is 0 Å². The van der Waals surface area contributed by atoms with E-state index in [-0.39, 0.29) is 5.56 Å². The normalized spacial score (nSPS) is 14.1. The van der Waals surface area contributed by atoms with Gasteiger partial charge in [-0.1, -0.05) is 62.9 Å². The van der Waals surface area contributed by atoms with Crippen molar-refractivity contribution in [2.24, 2.45) is 0 Å². The first-order valence-electron chi connectivity index (χ1n) is 8.66. The highest BCUT2D eigenvalue weighted by atomic mass is 127. The molecule has 27 heavy (non-hydrogen) atoms. The van der Waals surface area contributed by atoms with Crippen LogP contribution in [0.5, 0.6) is 0 Å². The average molecular weight is 483 g/mol. The van der Waals surface area contributed by atoms with Crippen molar-refractivity contribution in [2.75, 3.05) is 6.54 Å². The molecule has 3 rings (SSSR count). The summed E-state index contributed by atoms with van der Waals surface area (Å²) in [7, 11) is 0. The third-order valence-corrected chi connectivity index (χ3v) is 4.87. The summed E-state index contributed by atoms with van der Waals surface area (Å²) in [4.78, 5) is 1.41. The van der Waals surface area contributed by atoms with Gasteiger partial charge in [-0.15, -0.1) is 0 Å². The average Bonchev–Trinajstić information content (AvgIpc) is 2.68. The van der Waals surface area contributed by atoms with Crippen LogP contribution in [0.15, 0.2) is 76.5 Å². The Hall–Kier alpha value is -2.02. The van der Waals surface area contributed by atoms with Crippen LogP contribution in [0.1, 0.15) is 25.0 Å². The standard InChI is InChI=1S/C20H15F3IN.C2H6/c1-13-18(24)11-16(14-7-3-2-4-8-14)20(25(13)12-19(22)23)15-9-5-6-10-17(15)21;1-2/h2-11,19H,1,12H2;1-2H3. The van der Waals surface area contributed by atoms with E-state index in [4.69, 9.17) is 0 Å². The molecule has 0 spiro atoms. The van der Waals surface area contributed by atoms with Gasteiger partial charge in [0.1, 0.15) is 5.82 Å². The van der Waals surface area contributed by atoms with Crippen molar-refractivity contribution < 1.29 is 13.2 Å². The predicted molar refractivity (Wildman–Crippen MR) is 115 cm³/mol. The van der Waals surface area contributed by atoms with Gasteiger partial charge >= 0.3 is 0 Å². The molecule has 0 saturated heterocycles. The summed E-state index contributed by atoms with van der Waals surface area (Å²) in [5.41, 5.74) is 2.67. The number of hydrogen-bond acceptors (Lipinski definition) is 1. The maximum absolute atomic E-state index is 14.5. The highest BCUT2D eigenvalue weighted by molar-refractivity contribution is 14.1. The SMILES string of the molecule is C=C1C(I)=CC(c2ccccc2)=C(c2ccccc2F)N1CC(F)F.CC. The molecule has 1 nitrogen and oxygen atoms in total. The molecule has 0 fully saturated rings. The number of benzene rings is 2. The van der Waals surface area contributed by atoms with Crippen molar-refractivity contribution in [3.63, 3.8) is 0 Å². The van der Waals surface area contributed by atoms with Crippen LogP contribution in [0.2, 0.25) is 0 Å². The van der Waals surface area contributed by atoms with Gasteiger partial charge in [0.05, 0.1) is 12.2 Å². The zero-order valence-corrected chi connectivity index (χ0v) is 17.4. The summed E-state index contributed by atoms with van der Waals surface area (Å²) in [6.45, 7) is 7.38. The minimum absolute atomic E-state index is 0.281. The predicted octanol–water partition coefficient (Wildman–Crippen LogP) is 7.13. The molecule has 0 saturated carbocycles. The summed E-state index contributed by atoms with van der Waals surface area (Å²) in [5.74, 6) is -0.455. The lowest BCUT2D eigenvalue weighted by Crippen LogP contribution is -2.29. The fraction of sp³-hybridized carbons (Fsp3) is 0.182. The molecule has 0 radical (unpaired) electrons. The molecule has 0 bridgehead atoms. The quantitative estimate of drug-likeness (QED) is 0.418. The van der Waals surface area contributed by atoms with Gasteiger partial charge in [-0.3, -0.25) is 0 Å². The number of allylic oxidation sites excluding steroid dienone is 3. The van der Waals surface area contributed by atoms with E-state index >= 15 is 0 Å². The first-order chi connectivity index (χ1) is 13.0. The number of hydrogen-bond donors (Lipinski definition) is 0. The van der Waals surface area contributed by atoms with Gasteiger partial charge in [0.2, 0.25) is 0 Å². The van der Waals surface area contributed by atoms with E-state index in [1.165, 1.54) is 11.0 Å². The Morgan fingerprint density at radius 3 is 2.19 bits per heavy atom. The molecule has 5 heteroatoms. The molecule has 0 unspecified atom stereocenters. The van der Waals surface area contributed by atoms with Gasteiger partial charge in [-0.2, -0.15) is 0 Å². The van der Waals surface area contributed by atoms with Crippen molar-refractivity contribution in [1.29, 1.82) is 0 Å². The fourth-order valence-electron chi connectivity index (χ4n) is 2.81. The molecule has 0 amide bonds. The van der Waals surface area contributed by atoms with Gasteiger partial charge < -0.3 is 4.90 Å². The largest absolute Gasteiger partial charge is 0.334 e. The maximum atomic E-state index is 14.5. The molecule has 0 aromatic heterocycles.